The Morgan fingerprint density at radius 3 is 2.53 bits per heavy atom. The number of amides is 1. The lowest BCUT2D eigenvalue weighted by Crippen LogP contribution is -2.47. The van der Waals surface area contributed by atoms with Gasteiger partial charge >= 0.3 is 0 Å². The molecule has 0 fully saturated rings. The van der Waals surface area contributed by atoms with Gasteiger partial charge in [-0.2, -0.15) is 0 Å². The third-order valence-electron chi connectivity index (χ3n) is 3.53. The number of nitrogens with one attached hydrogen (secondary N) is 1. The van der Waals surface area contributed by atoms with Gasteiger partial charge in [0.15, 0.2) is 0 Å². The molecular formula is C15H24N2O2. The van der Waals surface area contributed by atoms with Crippen molar-refractivity contribution in [2.24, 2.45) is 11.7 Å². The quantitative estimate of drug-likeness (QED) is 0.696. The lowest BCUT2D eigenvalue weighted by atomic mass is 9.92. The third kappa shape index (κ3) is 4.33. The van der Waals surface area contributed by atoms with E-state index in [9.17, 15) is 9.90 Å². The minimum Gasteiger partial charge on any atom is -0.394 e. The Labute approximate surface area is 115 Å². The van der Waals surface area contributed by atoms with Gasteiger partial charge in [-0.05, 0) is 24.9 Å². The molecule has 4 nitrogen and oxygen atoms in total. The predicted molar refractivity (Wildman–Crippen MR) is 76.5 cm³/mol. The van der Waals surface area contributed by atoms with E-state index in [1.165, 1.54) is 0 Å². The molecule has 1 aromatic rings. The second kappa shape index (κ2) is 7.26. The van der Waals surface area contributed by atoms with Gasteiger partial charge in [-0.25, -0.2) is 0 Å². The standard InChI is InChI=1S/C15H24N2O2/c1-3-12(10-16)9-14(19)17-15(2,11-18)13-7-5-4-6-8-13/h4-8,12,18H,3,9-11,16H2,1-2H3,(H,17,19). The fourth-order valence-corrected chi connectivity index (χ4v) is 2.02. The first-order valence-corrected chi connectivity index (χ1v) is 6.73. The van der Waals surface area contributed by atoms with E-state index in [-0.39, 0.29) is 18.4 Å². The number of carbonyl (C=O) groups is 1. The van der Waals surface area contributed by atoms with Crippen molar-refractivity contribution in [2.75, 3.05) is 13.2 Å². The van der Waals surface area contributed by atoms with Gasteiger partial charge in [-0.3, -0.25) is 4.79 Å². The number of carbonyl (C=O) groups excluding carboxylic acids is 1. The summed E-state index contributed by atoms with van der Waals surface area (Å²) in [5.74, 6) is 0.122. The Balaban J connectivity index is 2.74. The second-order valence-corrected chi connectivity index (χ2v) is 5.12. The molecule has 4 heteroatoms. The van der Waals surface area contributed by atoms with Gasteiger partial charge in [-0.15, -0.1) is 0 Å². The van der Waals surface area contributed by atoms with Crippen LogP contribution in [-0.4, -0.2) is 24.2 Å². The summed E-state index contributed by atoms with van der Waals surface area (Å²) in [6.45, 7) is 4.21. The average Bonchev–Trinajstić information content (AvgIpc) is 2.45. The maximum absolute atomic E-state index is 12.0. The normalized spacial score (nSPS) is 15.6. The van der Waals surface area contributed by atoms with Crippen LogP contribution in [0.2, 0.25) is 0 Å². The topological polar surface area (TPSA) is 75.4 Å². The van der Waals surface area contributed by atoms with Crippen LogP contribution in [0.15, 0.2) is 30.3 Å². The summed E-state index contributed by atoms with van der Waals surface area (Å²) in [7, 11) is 0. The molecule has 1 aromatic carbocycles. The fourth-order valence-electron chi connectivity index (χ4n) is 2.02. The van der Waals surface area contributed by atoms with Crippen molar-refractivity contribution in [1.82, 2.24) is 5.32 Å². The Bertz CT molecular complexity index is 390. The molecule has 19 heavy (non-hydrogen) atoms. The SMILES string of the molecule is CCC(CN)CC(=O)NC(C)(CO)c1ccccc1. The molecule has 0 bridgehead atoms. The molecule has 0 aliphatic carbocycles. The summed E-state index contributed by atoms with van der Waals surface area (Å²) >= 11 is 0. The van der Waals surface area contributed by atoms with Gasteiger partial charge in [0, 0.05) is 6.42 Å². The zero-order valence-electron chi connectivity index (χ0n) is 11.7. The highest BCUT2D eigenvalue weighted by atomic mass is 16.3. The summed E-state index contributed by atoms with van der Waals surface area (Å²) in [5.41, 5.74) is 5.76. The number of nitrogens with two attached hydrogens (primary N) is 1. The van der Waals surface area contributed by atoms with Crippen LogP contribution in [0, 0.1) is 5.92 Å². The van der Waals surface area contributed by atoms with Crippen molar-refractivity contribution < 1.29 is 9.90 Å². The van der Waals surface area contributed by atoms with Crippen LogP contribution in [-0.2, 0) is 10.3 Å². The molecule has 1 rings (SSSR count). The molecular weight excluding hydrogens is 240 g/mol. The Hall–Kier alpha value is -1.39. The van der Waals surface area contributed by atoms with Crippen molar-refractivity contribution in [3.8, 4) is 0 Å². The zero-order chi connectivity index (χ0) is 14.3. The lowest BCUT2D eigenvalue weighted by molar-refractivity contribution is -0.124. The van der Waals surface area contributed by atoms with E-state index in [4.69, 9.17) is 5.73 Å². The van der Waals surface area contributed by atoms with Gasteiger partial charge in [0.25, 0.3) is 0 Å². The second-order valence-electron chi connectivity index (χ2n) is 5.12. The summed E-state index contributed by atoms with van der Waals surface area (Å²) in [5, 5.41) is 12.5. The Morgan fingerprint density at radius 2 is 2.05 bits per heavy atom. The lowest BCUT2D eigenvalue weighted by Gasteiger charge is -2.30. The fraction of sp³-hybridized carbons (Fsp3) is 0.533. The van der Waals surface area contributed by atoms with E-state index in [1.54, 1.807) is 0 Å². The summed E-state index contributed by atoms with van der Waals surface area (Å²) in [6, 6.07) is 9.49. The number of benzene rings is 1. The Morgan fingerprint density at radius 1 is 1.42 bits per heavy atom. The van der Waals surface area contributed by atoms with Gasteiger partial charge in [-0.1, -0.05) is 43.7 Å². The molecule has 0 heterocycles. The monoisotopic (exact) mass is 264 g/mol. The van der Waals surface area contributed by atoms with Crippen molar-refractivity contribution in [2.45, 2.75) is 32.2 Å². The molecule has 0 aliphatic rings. The highest BCUT2D eigenvalue weighted by Gasteiger charge is 2.28. The predicted octanol–water partition coefficient (Wildman–Crippen LogP) is 1.39. The highest BCUT2D eigenvalue weighted by Crippen LogP contribution is 2.20. The first-order chi connectivity index (χ1) is 9.05. The van der Waals surface area contributed by atoms with E-state index >= 15 is 0 Å². The largest absolute Gasteiger partial charge is 0.394 e. The smallest absolute Gasteiger partial charge is 0.221 e. The van der Waals surface area contributed by atoms with Crippen LogP contribution < -0.4 is 11.1 Å². The molecule has 0 saturated heterocycles. The van der Waals surface area contributed by atoms with E-state index < -0.39 is 5.54 Å². The van der Waals surface area contributed by atoms with Crippen LogP contribution in [0.4, 0.5) is 0 Å². The maximum Gasteiger partial charge on any atom is 0.221 e. The molecule has 0 aromatic heterocycles. The first kappa shape index (κ1) is 15.7. The molecule has 0 spiro atoms. The van der Waals surface area contributed by atoms with E-state index in [1.807, 2.05) is 44.2 Å². The Kier molecular flexibility index (Phi) is 5.99. The van der Waals surface area contributed by atoms with E-state index in [0.29, 0.717) is 13.0 Å². The highest BCUT2D eigenvalue weighted by molar-refractivity contribution is 5.77. The van der Waals surface area contributed by atoms with Gasteiger partial charge in [0.2, 0.25) is 5.91 Å². The molecule has 1 amide bonds. The minimum atomic E-state index is -0.745. The van der Waals surface area contributed by atoms with Crippen LogP contribution in [0.1, 0.15) is 32.3 Å². The molecule has 2 unspecified atom stereocenters. The van der Waals surface area contributed by atoms with Gasteiger partial charge in [0.05, 0.1) is 12.1 Å². The number of aliphatic hydroxyl groups excluding tert-OH is 1. The van der Waals surface area contributed by atoms with Crippen LogP contribution in [0.5, 0.6) is 0 Å². The van der Waals surface area contributed by atoms with Crippen molar-refractivity contribution in [3.05, 3.63) is 35.9 Å². The summed E-state index contributed by atoms with van der Waals surface area (Å²) in [4.78, 5) is 12.0. The van der Waals surface area contributed by atoms with Crippen LogP contribution >= 0.6 is 0 Å². The average molecular weight is 264 g/mol. The molecule has 0 aliphatic heterocycles. The molecule has 4 N–H and O–H groups in total. The number of hydrogen-bond acceptors (Lipinski definition) is 3. The maximum atomic E-state index is 12.0. The number of hydrogen-bond donors (Lipinski definition) is 3. The minimum absolute atomic E-state index is 0.0716. The molecule has 0 saturated carbocycles. The number of aliphatic hydroxyl groups is 1. The van der Waals surface area contributed by atoms with E-state index in [2.05, 4.69) is 5.32 Å². The first-order valence-electron chi connectivity index (χ1n) is 6.73. The van der Waals surface area contributed by atoms with E-state index in [0.717, 1.165) is 12.0 Å². The van der Waals surface area contributed by atoms with Gasteiger partial charge < -0.3 is 16.2 Å². The zero-order valence-corrected chi connectivity index (χ0v) is 11.7. The summed E-state index contributed by atoms with van der Waals surface area (Å²) < 4.78 is 0. The van der Waals surface area contributed by atoms with Gasteiger partial charge in [0.1, 0.15) is 0 Å². The van der Waals surface area contributed by atoms with Crippen LogP contribution in [0.25, 0.3) is 0 Å². The molecule has 106 valence electrons. The van der Waals surface area contributed by atoms with Crippen LogP contribution in [0.3, 0.4) is 0 Å². The van der Waals surface area contributed by atoms with Crippen molar-refractivity contribution >= 4 is 5.91 Å². The molecule has 0 radical (unpaired) electrons. The van der Waals surface area contributed by atoms with Crippen molar-refractivity contribution in [1.29, 1.82) is 0 Å². The summed E-state index contributed by atoms with van der Waals surface area (Å²) in [6.07, 6.45) is 1.28. The molecule has 2 atom stereocenters. The van der Waals surface area contributed by atoms with Crippen molar-refractivity contribution in [3.63, 3.8) is 0 Å². The third-order valence-corrected chi connectivity index (χ3v) is 3.53. The number of rotatable bonds is 7.